The molecule has 2 fully saturated rings. The molecule has 0 aliphatic heterocycles. The predicted octanol–water partition coefficient (Wildman–Crippen LogP) is 2.72. The average molecular weight is 383 g/mol. The molecule has 1 heterocycles. The molecule has 0 saturated heterocycles. The minimum atomic E-state index is -0.953. The monoisotopic (exact) mass is 383 g/mol. The number of aromatic nitrogens is 3. The van der Waals surface area contributed by atoms with E-state index in [0.29, 0.717) is 35.7 Å². The van der Waals surface area contributed by atoms with E-state index >= 15 is 0 Å². The van der Waals surface area contributed by atoms with Crippen molar-refractivity contribution in [1.29, 1.82) is 0 Å². The van der Waals surface area contributed by atoms with Crippen molar-refractivity contribution in [3.63, 3.8) is 0 Å². The lowest BCUT2D eigenvalue weighted by Gasteiger charge is -2.52. The number of hydrogen-bond donors (Lipinski definition) is 3. The molecule has 0 unspecified atom stereocenters. The number of nitrogens with zero attached hydrogens (tertiary/aromatic N) is 3. The normalized spacial score (nSPS) is 36.6. The standard InChI is InChI=1S/C22H29N3O3/c1-21-8-6-17-16-5-3-15(27)12-14(16)2-4-18(17)19(21)7-9-22(21,28)20-13-25(10-11-26)24-23-20/h3,5,12-13,17-19,26-28H,2,4,6-11H2,1H3/t17-,18-,19+,21+,22-/m1/s1. The van der Waals surface area contributed by atoms with Gasteiger partial charge < -0.3 is 15.3 Å². The Morgan fingerprint density at radius 2 is 2.07 bits per heavy atom. The van der Waals surface area contributed by atoms with E-state index in [2.05, 4.69) is 23.3 Å². The quantitative estimate of drug-likeness (QED) is 0.758. The number of rotatable bonds is 3. The topological polar surface area (TPSA) is 91.4 Å². The molecule has 1 aromatic heterocycles. The van der Waals surface area contributed by atoms with E-state index in [1.165, 1.54) is 11.1 Å². The summed E-state index contributed by atoms with van der Waals surface area (Å²) in [5, 5.41) is 39.2. The Morgan fingerprint density at radius 3 is 2.89 bits per heavy atom. The average Bonchev–Trinajstić information content (AvgIpc) is 3.25. The summed E-state index contributed by atoms with van der Waals surface area (Å²) in [6.45, 7) is 2.66. The van der Waals surface area contributed by atoms with Crippen LogP contribution in [0.4, 0.5) is 0 Å². The zero-order chi connectivity index (χ0) is 19.5. The zero-order valence-corrected chi connectivity index (χ0v) is 16.4. The van der Waals surface area contributed by atoms with Crippen LogP contribution in [0.25, 0.3) is 0 Å². The molecular weight excluding hydrogens is 354 g/mol. The second kappa shape index (κ2) is 6.29. The highest BCUT2D eigenvalue weighted by atomic mass is 16.3. The Labute approximate surface area is 165 Å². The van der Waals surface area contributed by atoms with E-state index in [1.807, 2.05) is 18.3 Å². The largest absolute Gasteiger partial charge is 0.508 e. The van der Waals surface area contributed by atoms with E-state index < -0.39 is 5.60 Å². The molecule has 5 rings (SSSR count). The van der Waals surface area contributed by atoms with Crippen LogP contribution in [0, 0.1) is 17.3 Å². The first-order valence-electron chi connectivity index (χ1n) is 10.5. The summed E-state index contributed by atoms with van der Waals surface area (Å²) in [6.07, 6.45) is 7.68. The van der Waals surface area contributed by atoms with Gasteiger partial charge in [-0.05, 0) is 79.5 Å². The second-order valence-corrected chi connectivity index (χ2v) is 9.24. The maximum Gasteiger partial charge on any atom is 0.116 e. The molecule has 3 aliphatic rings. The highest BCUT2D eigenvalue weighted by molar-refractivity contribution is 5.40. The van der Waals surface area contributed by atoms with Gasteiger partial charge >= 0.3 is 0 Å². The van der Waals surface area contributed by atoms with Gasteiger partial charge in [0.15, 0.2) is 0 Å². The fourth-order valence-corrected chi connectivity index (χ4v) is 6.71. The van der Waals surface area contributed by atoms with Crippen molar-refractivity contribution in [2.75, 3.05) is 6.61 Å². The molecule has 1 aromatic carbocycles. The minimum absolute atomic E-state index is 0.0137. The van der Waals surface area contributed by atoms with Gasteiger partial charge in [-0.1, -0.05) is 18.2 Å². The van der Waals surface area contributed by atoms with E-state index in [4.69, 9.17) is 5.11 Å². The zero-order valence-electron chi connectivity index (χ0n) is 16.4. The highest BCUT2D eigenvalue weighted by Gasteiger charge is 2.63. The minimum Gasteiger partial charge on any atom is -0.508 e. The van der Waals surface area contributed by atoms with Gasteiger partial charge in [0.25, 0.3) is 0 Å². The number of benzene rings is 1. The van der Waals surface area contributed by atoms with Gasteiger partial charge in [-0.3, -0.25) is 0 Å². The van der Waals surface area contributed by atoms with Crippen molar-refractivity contribution in [2.24, 2.45) is 17.3 Å². The lowest BCUT2D eigenvalue weighted by atomic mass is 9.53. The van der Waals surface area contributed by atoms with E-state index in [9.17, 15) is 10.2 Å². The molecule has 28 heavy (non-hydrogen) atoms. The second-order valence-electron chi connectivity index (χ2n) is 9.24. The lowest BCUT2D eigenvalue weighted by molar-refractivity contribution is -0.111. The summed E-state index contributed by atoms with van der Waals surface area (Å²) in [5.74, 6) is 1.91. The van der Waals surface area contributed by atoms with E-state index in [1.54, 1.807) is 4.68 Å². The van der Waals surface area contributed by atoms with Crippen LogP contribution >= 0.6 is 0 Å². The van der Waals surface area contributed by atoms with Gasteiger partial charge in [-0.25, -0.2) is 4.68 Å². The molecule has 6 heteroatoms. The van der Waals surface area contributed by atoms with Crippen LogP contribution in [-0.4, -0.2) is 36.9 Å². The van der Waals surface area contributed by atoms with Crippen molar-refractivity contribution in [3.05, 3.63) is 41.2 Å². The Balaban J connectivity index is 1.47. The van der Waals surface area contributed by atoms with E-state index in [-0.39, 0.29) is 12.0 Å². The summed E-state index contributed by atoms with van der Waals surface area (Å²) in [5.41, 5.74) is 2.20. The number of hydrogen-bond acceptors (Lipinski definition) is 5. The first-order chi connectivity index (χ1) is 13.5. The Kier molecular flexibility index (Phi) is 4.07. The van der Waals surface area contributed by atoms with Crippen LogP contribution in [0.3, 0.4) is 0 Å². The van der Waals surface area contributed by atoms with Crippen LogP contribution in [0.2, 0.25) is 0 Å². The Morgan fingerprint density at radius 1 is 1.21 bits per heavy atom. The summed E-state index contributed by atoms with van der Waals surface area (Å²) in [6, 6.07) is 5.87. The molecule has 3 aliphatic carbocycles. The van der Waals surface area contributed by atoms with Gasteiger partial charge in [0.2, 0.25) is 0 Å². The Bertz CT molecular complexity index is 897. The van der Waals surface area contributed by atoms with Crippen molar-refractivity contribution in [1.82, 2.24) is 15.0 Å². The predicted molar refractivity (Wildman–Crippen MR) is 104 cm³/mol. The van der Waals surface area contributed by atoms with E-state index in [0.717, 1.165) is 38.5 Å². The fourth-order valence-electron chi connectivity index (χ4n) is 6.71. The fraction of sp³-hybridized carbons (Fsp3) is 0.636. The molecular formula is C22H29N3O3. The summed E-state index contributed by atoms with van der Waals surface area (Å²) in [4.78, 5) is 0. The molecule has 150 valence electrons. The third kappa shape index (κ3) is 2.40. The summed E-state index contributed by atoms with van der Waals surface area (Å²) in [7, 11) is 0. The third-order valence-electron chi connectivity index (χ3n) is 8.15. The molecule has 0 radical (unpaired) electrons. The Hall–Kier alpha value is -1.92. The van der Waals surface area contributed by atoms with Crippen molar-refractivity contribution >= 4 is 0 Å². The van der Waals surface area contributed by atoms with Gasteiger partial charge in [-0.15, -0.1) is 5.10 Å². The van der Waals surface area contributed by atoms with Crippen LogP contribution < -0.4 is 0 Å². The summed E-state index contributed by atoms with van der Waals surface area (Å²) < 4.78 is 1.62. The smallest absolute Gasteiger partial charge is 0.116 e. The number of phenols is 1. The van der Waals surface area contributed by atoms with Gasteiger partial charge in [0.05, 0.1) is 19.3 Å². The van der Waals surface area contributed by atoms with Crippen molar-refractivity contribution < 1.29 is 15.3 Å². The van der Waals surface area contributed by atoms with Gasteiger partial charge in [-0.2, -0.15) is 0 Å². The maximum atomic E-state index is 11.8. The van der Waals surface area contributed by atoms with Crippen LogP contribution in [0.5, 0.6) is 5.75 Å². The number of aromatic hydroxyl groups is 1. The van der Waals surface area contributed by atoms with Crippen LogP contribution in [0.1, 0.15) is 61.8 Å². The number of fused-ring (bicyclic) bond motifs is 5. The van der Waals surface area contributed by atoms with Crippen LogP contribution in [0.15, 0.2) is 24.4 Å². The highest BCUT2D eigenvalue weighted by Crippen LogP contribution is 2.66. The maximum absolute atomic E-state index is 11.8. The lowest BCUT2D eigenvalue weighted by Crippen LogP contribution is -2.49. The number of aliphatic hydroxyl groups is 2. The van der Waals surface area contributed by atoms with Gasteiger partial charge in [0, 0.05) is 5.41 Å². The number of aliphatic hydroxyl groups excluding tert-OH is 1. The first-order valence-corrected chi connectivity index (χ1v) is 10.5. The van der Waals surface area contributed by atoms with Crippen LogP contribution in [-0.2, 0) is 18.6 Å². The molecule has 2 aromatic rings. The molecule has 0 bridgehead atoms. The van der Waals surface area contributed by atoms with Gasteiger partial charge in [0.1, 0.15) is 17.0 Å². The molecule has 0 amide bonds. The number of phenolic OH excluding ortho intramolecular Hbond substituents is 1. The first kappa shape index (κ1) is 18.1. The molecule has 2 saturated carbocycles. The molecule has 6 nitrogen and oxygen atoms in total. The molecule has 0 spiro atoms. The van der Waals surface area contributed by atoms with Crippen molar-refractivity contribution in [3.8, 4) is 5.75 Å². The SMILES string of the molecule is C[C@]12CC[C@@H]3c4ccc(O)cc4CC[C@H]3[C@@H]1CC[C@@]2(O)c1cn(CCO)nn1. The third-order valence-corrected chi connectivity index (χ3v) is 8.15. The number of aryl methyl sites for hydroxylation is 1. The molecule has 3 N–H and O–H groups in total. The molecule has 5 atom stereocenters. The summed E-state index contributed by atoms with van der Waals surface area (Å²) >= 11 is 0. The van der Waals surface area contributed by atoms with Crippen molar-refractivity contribution in [2.45, 2.75) is 63.5 Å².